The average molecular weight is 390 g/mol. The second-order valence-electron chi connectivity index (χ2n) is 7.24. The number of likely N-dealkylation sites (N-methyl/N-ethyl adjacent to an activating group) is 2. The molecule has 0 saturated carbocycles. The molecule has 154 valence electrons. The third-order valence-corrected chi connectivity index (χ3v) is 4.56. The maximum absolute atomic E-state index is 11.9. The predicted molar refractivity (Wildman–Crippen MR) is 110 cm³/mol. The summed E-state index contributed by atoms with van der Waals surface area (Å²) in [6.07, 6.45) is 1.82. The van der Waals surface area contributed by atoms with Gasteiger partial charge in [0, 0.05) is 60.6 Å². The minimum absolute atomic E-state index is 0.0468. The first-order valence-electron chi connectivity index (χ1n) is 9.39. The summed E-state index contributed by atoms with van der Waals surface area (Å²) in [6.45, 7) is 5.29. The molecule has 1 saturated heterocycles. The van der Waals surface area contributed by atoms with Crippen LogP contribution in [-0.4, -0.2) is 105 Å². The van der Waals surface area contributed by atoms with Gasteiger partial charge in [-0.25, -0.2) is 9.98 Å². The number of hydrogen-bond acceptors (Lipinski definition) is 5. The molecule has 0 bridgehead atoms. The van der Waals surface area contributed by atoms with E-state index in [0.29, 0.717) is 5.96 Å². The molecule has 1 fully saturated rings. The lowest BCUT2D eigenvalue weighted by Gasteiger charge is -2.37. The predicted octanol–water partition coefficient (Wildman–Crippen LogP) is -0.366. The van der Waals surface area contributed by atoms with E-state index in [9.17, 15) is 9.59 Å². The van der Waals surface area contributed by atoms with Crippen molar-refractivity contribution in [1.29, 1.82) is 0 Å². The van der Waals surface area contributed by atoms with Crippen LogP contribution in [-0.2, 0) is 9.59 Å². The van der Waals surface area contributed by atoms with E-state index in [1.807, 2.05) is 12.3 Å². The number of nitrogens with one attached hydrogen (secondary N) is 1. The molecule has 0 atom stereocenters. The molecule has 2 heterocycles. The average Bonchev–Trinajstić information content (AvgIpc) is 2.67. The van der Waals surface area contributed by atoms with E-state index in [1.54, 1.807) is 28.2 Å². The van der Waals surface area contributed by atoms with E-state index in [-0.39, 0.29) is 24.9 Å². The molecule has 28 heavy (non-hydrogen) atoms. The molecule has 9 heteroatoms. The number of anilines is 1. The van der Waals surface area contributed by atoms with Crippen molar-refractivity contribution in [3.05, 3.63) is 23.9 Å². The van der Waals surface area contributed by atoms with Crippen LogP contribution in [0.25, 0.3) is 0 Å². The highest BCUT2D eigenvalue weighted by atomic mass is 16.2. The number of pyridine rings is 1. The fourth-order valence-corrected chi connectivity index (χ4v) is 2.70. The van der Waals surface area contributed by atoms with Crippen molar-refractivity contribution in [2.24, 2.45) is 4.99 Å². The van der Waals surface area contributed by atoms with E-state index in [2.05, 4.69) is 38.1 Å². The Morgan fingerprint density at radius 3 is 2.32 bits per heavy atom. The van der Waals surface area contributed by atoms with Gasteiger partial charge in [0.1, 0.15) is 12.4 Å². The summed E-state index contributed by atoms with van der Waals surface area (Å²) in [5, 5.41) is 3.11. The van der Waals surface area contributed by atoms with Crippen LogP contribution >= 0.6 is 0 Å². The Morgan fingerprint density at radius 1 is 1.11 bits per heavy atom. The Labute approximate surface area is 167 Å². The number of aromatic nitrogens is 1. The fourth-order valence-electron chi connectivity index (χ4n) is 2.70. The van der Waals surface area contributed by atoms with Gasteiger partial charge in [-0.1, -0.05) is 0 Å². The van der Waals surface area contributed by atoms with E-state index < -0.39 is 0 Å². The molecule has 0 spiro atoms. The Morgan fingerprint density at radius 2 is 1.75 bits per heavy atom. The first kappa shape index (κ1) is 21.5. The zero-order valence-corrected chi connectivity index (χ0v) is 17.5. The van der Waals surface area contributed by atoms with Gasteiger partial charge >= 0.3 is 0 Å². The summed E-state index contributed by atoms with van der Waals surface area (Å²) < 4.78 is 0. The first-order chi connectivity index (χ1) is 13.3. The van der Waals surface area contributed by atoms with Crippen LogP contribution in [0.5, 0.6) is 0 Å². The minimum Gasteiger partial charge on any atom is -0.353 e. The van der Waals surface area contributed by atoms with Gasteiger partial charge in [-0.2, -0.15) is 0 Å². The number of aryl methyl sites for hydroxylation is 1. The molecule has 1 aliphatic rings. The lowest BCUT2D eigenvalue weighted by molar-refractivity contribution is -0.127. The SMILES string of the molecule is Cc1ccnc(N2CCN(C(=NCC(=O)N(C)C)NCC(=O)N(C)C)CC2)c1. The lowest BCUT2D eigenvalue weighted by Crippen LogP contribution is -2.54. The largest absolute Gasteiger partial charge is 0.353 e. The summed E-state index contributed by atoms with van der Waals surface area (Å²) in [5.41, 5.74) is 1.18. The van der Waals surface area contributed by atoms with E-state index in [4.69, 9.17) is 0 Å². The van der Waals surface area contributed by atoms with Crippen molar-refractivity contribution in [2.75, 3.05) is 72.4 Å². The summed E-state index contributed by atoms with van der Waals surface area (Å²) in [7, 11) is 6.83. The molecule has 1 aliphatic heterocycles. The summed E-state index contributed by atoms with van der Waals surface area (Å²) in [5.74, 6) is 1.42. The quantitative estimate of drug-likeness (QED) is 0.547. The molecule has 1 N–H and O–H groups in total. The van der Waals surface area contributed by atoms with Crippen LogP contribution in [0.15, 0.2) is 23.3 Å². The molecule has 0 aliphatic carbocycles. The van der Waals surface area contributed by atoms with Crippen LogP contribution in [0, 0.1) is 6.92 Å². The Hall–Kier alpha value is -2.84. The standard InChI is InChI=1S/C19H31N7O2/c1-15-6-7-20-16(12-15)25-8-10-26(11-9-25)19(21-13-17(27)23(2)3)22-14-18(28)24(4)5/h6-7,12H,8-11,13-14H2,1-5H3,(H,21,22). The molecule has 9 nitrogen and oxygen atoms in total. The second-order valence-corrected chi connectivity index (χ2v) is 7.24. The lowest BCUT2D eigenvalue weighted by atomic mass is 10.2. The van der Waals surface area contributed by atoms with Gasteiger partial charge in [0.05, 0.1) is 6.54 Å². The summed E-state index contributed by atoms with van der Waals surface area (Å²) >= 11 is 0. The van der Waals surface area contributed by atoms with Crippen molar-refractivity contribution in [3.63, 3.8) is 0 Å². The third kappa shape index (κ3) is 6.11. The van der Waals surface area contributed by atoms with Crippen molar-refractivity contribution in [3.8, 4) is 0 Å². The monoisotopic (exact) mass is 389 g/mol. The highest BCUT2D eigenvalue weighted by Crippen LogP contribution is 2.14. The van der Waals surface area contributed by atoms with Gasteiger partial charge in [0.15, 0.2) is 5.96 Å². The highest BCUT2D eigenvalue weighted by Gasteiger charge is 2.21. The Balaban J connectivity index is 2.03. The summed E-state index contributed by atoms with van der Waals surface area (Å²) in [4.78, 5) is 40.1. The number of carbonyl (C=O) groups is 2. The molecule has 0 aromatic carbocycles. The number of nitrogens with zero attached hydrogens (tertiary/aromatic N) is 6. The van der Waals surface area contributed by atoms with Gasteiger partial charge in [-0.15, -0.1) is 0 Å². The van der Waals surface area contributed by atoms with Crippen LogP contribution in [0.3, 0.4) is 0 Å². The van der Waals surface area contributed by atoms with Gasteiger partial charge in [-0.3, -0.25) is 9.59 Å². The van der Waals surface area contributed by atoms with Crippen molar-refractivity contribution >= 4 is 23.6 Å². The molecule has 1 aromatic heterocycles. The third-order valence-electron chi connectivity index (χ3n) is 4.56. The molecule has 2 amide bonds. The first-order valence-corrected chi connectivity index (χ1v) is 9.39. The number of hydrogen-bond donors (Lipinski definition) is 1. The van der Waals surface area contributed by atoms with Crippen molar-refractivity contribution < 1.29 is 9.59 Å². The highest BCUT2D eigenvalue weighted by molar-refractivity contribution is 5.88. The zero-order valence-electron chi connectivity index (χ0n) is 17.5. The number of carbonyl (C=O) groups excluding carboxylic acids is 2. The van der Waals surface area contributed by atoms with Crippen LogP contribution < -0.4 is 10.2 Å². The normalized spacial score (nSPS) is 14.7. The Bertz CT molecular complexity index is 710. The van der Waals surface area contributed by atoms with Crippen molar-refractivity contribution in [1.82, 2.24) is 25.0 Å². The second kappa shape index (κ2) is 9.91. The minimum atomic E-state index is -0.0826. The zero-order chi connectivity index (χ0) is 20.7. The van der Waals surface area contributed by atoms with Crippen LogP contribution in [0.4, 0.5) is 5.82 Å². The molecule has 0 unspecified atom stereocenters. The number of amides is 2. The van der Waals surface area contributed by atoms with Gasteiger partial charge in [0.25, 0.3) is 0 Å². The topological polar surface area (TPSA) is 84.4 Å². The van der Waals surface area contributed by atoms with Gasteiger partial charge < -0.3 is 24.9 Å². The molecular formula is C19H31N7O2. The van der Waals surface area contributed by atoms with Crippen LogP contribution in [0.1, 0.15) is 5.56 Å². The maximum atomic E-state index is 11.9. The van der Waals surface area contributed by atoms with Gasteiger partial charge in [0.2, 0.25) is 11.8 Å². The van der Waals surface area contributed by atoms with E-state index >= 15 is 0 Å². The smallest absolute Gasteiger partial charge is 0.243 e. The molecule has 1 aromatic rings. The van der Waals surface area contributed by atoms with Crippen molar-refractivity contribution in [2.45, 2.75) is 6.92 Å². The molecule has 2 rings (SSSR count). The van der Waals surface area contributed by atoms with E-state index in [0.717, 1.165) is 32.0 Å². The summed E-state index contributed by atoms with van der Waals surface area (Å²) in [6, 6.07) is 4.06. The number of guanidine groups is 1. The number of aliphatic imine (C=N–C) groups is 1. The Kier molecular flexibility index (Phi) is 7.60. The van der Waals surface area contributed by atoms with Crippen LogP contribution in [0.2, 0.25) is 0 Å². The number of rotatable bonds is 5. The van der Waals surface area contributed by atoms with Gasteiger partial charge in [-0.05, 0) is 24.6 Å². The number of piperazine rings is 1. The van der Waals surface area contributed by atoms with E-state index in [1.165, 1.54) is 15.4 Å². The fraction of sp³-hybridized carbons (Fsp3) is 0.579. The molecular weight excluding hydrogens is 358 g/mol. The molecule has 0 radical (unpaired) electrons. The maximum Gasteiger partial charge on any atom is 0.243 e.